The molecule has 1 aromatic carbocycles. The molecule has 3 aromatic rings. The summed E-state index contributed by atoms with van der Waals surface area (Å²) in [5, 5.41) is 13.4. The molecule has 29 heavy (non-hydrogen) atoms. The van der Waals surface area contributed by atoms with Gasteiger partial charge in [0.1, 0.15) is 0 Å². The van der Waals surface area contributed by atoms with Crippen LogP contribution in [0, 0.1) is 0 Å². The molecule has 1 unspecified atom stereocenters. The van der Waals surface area contributed by atoms with Crippen LogP contribution in [0.2, 0.25) is 0 Å². The standard InChI is InChI=1S/C22H28N6S/c1-23-22(24-16-18-7-9-19(10-8-18)28-14-5-11-26-28)25-17-20(21-6-4-15-29-21)27-12-2-3-13-27/h4-11,14-15,20H,2-3,12-13,16-17H2,1H3,(H2,23,24,25). The highest BCUT2D eigenvalue weighted by molar-refractivity contribution is 7.10. The first-order valence-electron chi connectivity index (χ1n) is 10.1. The number of likely N-dealkylation sites (tertiary alicyclic amines) is 1. The van der Waals surface area contributed by atoms with Crippen LogP contribution in [0.25, 0.3) is 5.69 Å². The maximum atomic E-state index is 4.41. The lowest BCUT2D eigenvalue weighted by atomic mass is 10.2. The molecular formula is C22H28N6S. The van der Waals surface area contributed by atoms with Crippen molar-refractivity contribution in [2.45, 2.75) is 25.4 Å². The lowest BCUT2D eigenvalue weighted by Gasteiger charge is -2.27. The second-order valence-electron chi connectivity index (χ2n) is 7.20. The molecular weight excluding hydrogens is 380 g/mol. The molecule has 0 amide bonds. The molecule has 1 saturated heterocycles. The summed E-state index contributed by atoms with van der Waals surface area (Å²) < 4.78 is 1.86. The highest BCUT2D eigenvalue weighted by atomic mass is 32.1. The van der Waals surface area contributed by atoms with Crippen LogP contribution in [0.4, 0.5) is 0 Å². The first-order valence-corrected chi connectivity index (χ1v) is 11.0. The van der Waals surface area contributed by atoms with Crippen LogP contribution in [0.15, 0.2) is 65.2 Å². The summed E-state index contributed by atoms with van der Waals surface area (Å²) in [6.07, 6.45) is 6.33. The fourth-order valence-electron chi connectivity index (χ4n) is 3.73. The van der Waals surface area contributed by atoms with Crippen LogP contribution in [0.5, 0.6) is 0 Å². The van der Waals surface area contributed by atoms with Gasteiger partial charge in [-0.1, -0.05) is 18.2 Å². The van der Waals surface area contributed by atoms with Gasteiger partial charge < -0.3 is 10.6 Å². The molecule has 1 aliphatic heterocycles. The minimum atomic E-state index is 0.407. The average Bonchev–Trinajstić information content (AvgIpc) is 3.54. The third-order valence-electron chi connectivity index (χ3n) is 5.30. The Labute approximate surface area is 176 Å². The number of hydrogen-bond donors (Lipinski definition) is 2. The van der Waals surface area contributed by atoms with Gasteiger partial charge in [0.2, 0.25) is 0 Å². The van der Waals surface area contributed by atoms with Gasteiger partial charge in [-0.15, -0.1) is 11.3 Å². The Bertz CT molecular complexity index is 880. The molecule has 6 nitrogen and oxygen atoms in total. The number of benzene rings is 1. The van der Waals surface area contributed by atoms with E-state index >= 15 is 0 Å². The van der Waals surface area contributed by atoms with Gasteiger partial charge in [0.05, 0.1) is 11.7 Å². The van der Waals surface area contributed by atoms with E-state index < -0.39 is 0 Å². The first kappa shape index (κ1) is 19.7. The molecule has 3 heterocycles. The van der Waals surface area contributed by atoms with E-state index in [1.54, 1.807) is 6.20 Å². The highest BCUT2D eigenvalue weighted by Crippen LogP contribution is 2.27. The molecule has 0 aliphatic carbocycles. The molecule has 2 N–H and O–H groups in total. The molecule has 1 atom stereocenters. The number of hydrogen-bond acceptors (Lipinski definition) is 4. The van der Waals surface area contributed by atoms with Gasteiger partial charge >= 0.3 is 0 Å². The van der Waals surface area contributed by atoms with E-state index in [0.717, 1.165) is 24.7 Å². The summed E-state index contributed by atoms with van der Waals surface area (Å²) in [6.45, 7) is 3.95. The normalized spacial score (nSPS) is 16.1. The fourth-order valence-corrected chi connectivity index (χ4v) is 4.59. The van der Waals surface area contributed by atoms with Gasteiger partial charge in [0, 0.05) is 37.4 Å². The van der Waals surface area contributed by atoms with Crippen molar-refractivity contribution >= 4 is 17.3 Å². The molecule has 1 fully saturated rings. The molecule has 7 heteroatoms. The van der Waals surface area contributed by atoms with Gasteiger partial charge in [0.25, 0.3) is 0 Å². The smallest absolute Gasteiger partial charge is 0.191 e. The SMILES string of the molecule is CN=C(NCc1ccc(-n2cccn2)cc1)NCC(c1cccs1)N1CCCC1. The second-order valence-corrected chi connectivity index (χ2v) is 8.18. The van der Waals surface area contributed by atoms with Crippen LogP contribution in [0.1, 0.15) is 29.3 Å². The molecule has 152 valence electrons. The van der Waals surface area contributed by atoms with Crippen LogP contribution in [-0.2, 0) is 6.54 Å². The van der Waals surface area contributed by atoms with Crippen molar-refractivity contribution < 1.29 is 0 Å². The molecule has 0 radical (unpaired) electrons. The van der Waals surface area contributed by atoms with Crippen molar-refractivity contribution in [2.75, 3.05) is 26.7 Å². The van der Waals surface area contributed by atoms with Gasteiger partial charge in [-0.3, -0.25) is 9.89 Å². The Balaban J connectivity index is 1.32. The largest absolute Gasteiger partial charge is 0.354 e. The van der Waals surface area contributed by atoms with E-state index in [2.05, 4.69) is 67.4 Å². The maximum Gasteiger partial charge on any atom is 0.191 e. The number of thiophene rings is 1. The number of aliphatic imine (C=N–C) groups is 1. The van der Waals surface area contributed by atoms with Crippen LogP contribution < -0.4 is 10.6 Å². The topological polar surface area (TPSA) is 57.5 Å². The Hall–Kier alpha value is -2.64. The quantitative estimate of drug-likeness (QED) is 0.465. The van der Waals surface area contributed by atoms with Gasteiger partial charge in [0.15, 0.2) is 5.96 Å². The predicted molar refractivity (Wildman–Crippen MR) is 120 cm³/mol. The van der Waals surface area contributed by atoms with Crippen LogP contribution in [0.3, 0.4) is 0 Å². The lowest BCUT2D eigenvalue weighted by molar-refractivity contribution is 0.249. The molecule has 2 aromatic heterocycles. The minimum Gasteiger partial charge on any atom is -0.354 e. The Morgan fingerprint density at radius 2 is 1.97 bits per heavy atom. The Kier molecular flexibility index (Phi) is 6.59. The van der Waals surface area contributed by atoms with E-state index in [0.29, 0.717) is 6.04 Å². The summed E-state index contributed by atoms with van der Waals surface area (Å²) in [5.41, 5.74) is 2.27. The van der Waals surface area contributed by atoms with Crippen molar-refractivity contribution in [2.24, 2.45) is 4.99 Å². The van der Waals surface area contributed by atoms with Gasteiger partial charge in [-0.2, -0.15) is 5.10 Å². The van der Waals surface area contributed by atoms with E-state index in [4.69, 9.17) is 0 Å². The monoisotopic (exact) mass is 408 g/mol. The van der Waals surface area contributed by atoms with E-state index in [1.165, 1.54) is 36.4 Å². The second kappa shape index (κ2) is 9.71. The van der Waals surface area contributed by atoms with E-state index in [1.807, 2.05) is 35.3 Å². The third-order valence-corrected chi connectivity index (χ3v) is 6.28. The van der Waals surface area contributed by atoms with Crippen molar-refractivity contribution in [3.8, 4) is 5.69 Å². The van der Waals surface area contributed by atoms with Crippen molar-refractivity contribution in [1.82, 2.24) is 25.3 Å². The van der Waals surface area contributed by atoms with Crippen molar-refractivity contribution in [3.63, 3.8) is 0 Å². The number of nitrogens with one attached hydrogen (secondary N) is 2. The lowest BCUT2D eigenvalue weighted by Crippen LogP contribution is -2.42. The summed E-state index contributed by atoms with van der Waals surface area (Å²) in [7, 11) is 1.83. The predicted octanol–water partition coefficient (Wildman–Crippen LogP) is 3.44. The summed E-state index contributed by atoms with van der Waals surface area (Å²) in [4.78, 5) is 8.41. The Morgan fingerprint density at radius 3 is 2.62 bits per heavy atom. The van der Waals surface area contributed by atoms with Crippen LogP contribution in [-0.4, -0.2) is 47.3 Å². The summed E-state index contributed by atoms with van der Waals surface area (Å²) in [5.74, 6) is 0.835. The molecule has 4 rings (SSSR count). The first-order chi connectivity index (χ1) is 14.3. The van der Waals surface area contributed by atoms with Crippen LogP contribution >= 0.6 is 11.3 Å². The summed E-state index contributed by atoms with van der Waals surface area (Å²) in [6, 6.07) is 15.1. The van der Waals surface area contributed by atoms with Crippen molar-refractivity contribution in [3.05, 3.63) is 70.7 Å². The fraction of sp³-hybridized carbons (Fsp3) is 0.364. The van der Waals surface area contributed by atoms with Gasteiger partial charge in [-0.05, 0) is 61.1 Å². The third kappa shape index (κ3) is 5.05. The van der Waals surface area contributed by atoms with Crippen molar-refractivity contribution in [1.29, 1.82) is 0 Å². The van der Waals surface area contributed by atoms with E-state index in [9.17, 15) is 0 Å². The number of guanidine groups is 1. The molecule has 1 aliphatic rings. The van der Waals surface area contributed by atoms with Gasteiger partial charge in [-0.25, -0.2) is 4.68 Å². The zero-order chi connectivity index (χ0) is 19.9. The zero-order valence-electron chi connectivity index (χ0n) is 16.8. The molecule has 0 bridgehead atoms. The highest BCUT2D eigenvalue weighted by Gasteiger charge is 2.24. The average molecular weight is 409 g/mol. The minimum absolute atomic E-state index is 0.407. The maximum absolute atomic E-state index is 4.41. The number of nitrogens with zero attached hydrogens (tertiary/aromatic N) is 4. The Morgan fingerprint density at radius 1 is 1.14 bits per heavy atom. The number of rotatable bonds is 7. The zero-order valence-corrected chi connectivity index (χ0v) is 17.6. The van der Waals surface area contributed by atoms with E-state index in [-0.39, 0.29) is 0 Å². The molecule has 0 spiro atoms. The summed E-state index contributed by atoms with van der Waals surface area (Å²) >= 11 is 1.84. The number of aromatic nitrogens is 2. The molecule has 0 saturated carbocycles.